The standard InChI is InChI=1S/C21H17Cl2N3O6S2/c1-2-31-15-5-3-4-11(18(15)32-10-17(27)28)8-16-19(29)26(21(33)34-16)25-20(30)24-12-6-7-13(22)14(23)9-12/h3-9H,2,10H2,1H3,(H,27,28)(H2,24,25,30). The van der Waals surface area contributed by atoms with Gasteiger partial charge in [0.25, 0.3) is 5.91 Å². The van der Waals surface area contributed by atoms with Crippen LogP contribution in [0.4, 0.5) is 10.5 Å². The molecule has 0 spiro atoms. The maximum Gasteiger partial charge on any atom is 0.341 e. The van der Waals surface area contributed by atoms with Gasteiger partial charge in [0.05, 0.1) is 21.6 Å². The molecule has 1 saturated heterocycles. The number of thioether (sulfide) groups is 1. The van der Waals surface area contributed by atoms with Gasteiger partial charge >= 0.3 is 12.0 Å². The fourth-order valence-corrected chi connectivity index (χ4v) is 4.21. The second kappa shape index (κ2) is 11.4. The van der Waals surface area contributed by atoms with Crippen molar-refractivity contribution < 1.29 is 29.0 Å². The van der Waals surface area contributed by atoms with Crippen molar-refractivity contribution in [3.05, 3.63) is 56.9 Å². The third kappa shape index (κ3) is 6.32. The van der Waals surface area contributed by atoms with Gasteiger partial charge < -0.3 is 19.9 Å². The van der Waals surface area contributed by atoms with Gasteiger partial charge in [0.2, 0.25) is 0 Å². The van der Waals surface area contributed by atoms with E-state index >= 15 is 0 Å². The molecule has 0 atom stereocenters. The highest BCUT2D eigenvalue weighted by Crippen LogP contribution is 2.37. The summed E-state index contributed by atoms with van der Waals surface area (Å²) >= 11 is 18.0. The summed E-state index contributed by atoms with van der Waals surface area (Å²) in [4.78, 5) is 36.4. The Morgan fingerprint density at radius 2 is 1.97 bits per heavy atom. The zero-order valence-corrected chi connectivity index (χ0v) is 20.6. The summed E-state index contributed by atoms with van der Waals surface area (Å²) in [5.41, 5.74) is 3.16. The van der Waals surface area contributed by atoms with E-state index in [4.69, 9.17) is 50.0 Å². The van der Waals surface area contributed by atoms with Crippen LogP contribution < -0.4 is 20.2 Å². The van der Waals surface area contributed by atoms with Gasteiger partial charge in [-0.1, -0.05) is 47.1 Å². The number of nitrogens with zero attached hydrogens (tertiary/aromatic N) is 1. The van der Waals surface area contributed by atoms with Crippen LogP contribution in [0.25, 0.3) is 6.08 Å². The lowest BCUT2D eigenvalue weighted by Crippen LogP contribution is -2.46. The maximum absolute atomic E-state index is 12.9. The van der Waals surface area contributed by atoms with E-state index in [0.29, 0.717) is 28.6 Å². The number of halogens is 2. The van der Waals surface area contributed by atoms with Crippen molar-refractivity contribution in [3.8, 4) is 11.5 Å². The van der Waals surface area contributed by atoms with Crippen LogP contribution in [0.2, 0.25) is 10.0 Å². The monoisotopic (exact) mass is 541 g/mol. The van der Waals surface area contributed by atoms with E-state index in [1.165, 1.54) is 18.2 Å². The normalized spacial score (nSPS) is 14.3. The lowest BCUT2D eigenvalue weighted by molar-refractivity contribution is -0.139. The van der Waals surface area contributed by atoms with Gasteiger partial charge in [-0.05, 0) is 49.5 Å². The van der Waals surface area contributed by atoms with E-state index in [0.717, 1.165) is 16.8 Å². The molecule has 1 fully saturated rings. The first-order chi connectivity index (χ1) is 16.2. The molecule has 1 aliphatic rings. The molecule has 2 aromatic rings. The fourth-order valence-electron chi connectivity index (χ4n) is 2.74. The van der Waals surface area contributed by atoms with E-state index in [1.54, 1.807) is 31.2 Å². The minimum Gasteiger partial charge on any atom is -0.490 e. The molecule has 3 N–H and O–H groups in total. The first-order valence-corrected chi connectivity index (χ1v) is 11.6. The summed E-state index contributed by atoms with van der Waals surface area (Å²) in [5, 5.41) is 13.0. The first kappa shape index (κ1) is 25.6. The molecule has 3 amide bonds. The molecular formula is C21H17Cl2N3O6S2. The summed E-state index contributed by atoms with van der Waals surface area (Å²) in [7, 11) is 0. The number of aliphatic carboxylic acids is 1. The molecule has 0 bridgehead atoms. The van der Waals surface area contributed by atoms with E-state index < -0.39 is 24.5 Å². The highest BCUT2D eigenvalue weighted by molar-refractivity contribution is 8.26. The van der Waals surface area contributed by atoms with E-state index in [2.05, 4.69) is 10.7 Å². The highest BCUT2D eigenvalue weighted by Gasteiger charge is 2.34. The lowest BCUT2D eigenvalue weighted by Gasteiger charge is -2.16. The molecule has 13 heteroatoms. The zero-order valence-electron chi connectivity index (χ0n) is 17.5. The number of rotatable bonds is 8. The minimum atomic E-state index is -1.17. The van der Waals surface area contributed by atoms with Crippen molar-refractivity contribution in [2.24, 2.45) is 0 Å². The van der Waals surface area contributed by atoms with Gasteiger partial charge in [0, 0.05) is 11.3 Å². The van der Waals surface area contributed by atoms with Gasteiger partial charge in [0.15, 0.2) is 22.4 Å². The number of thiocarbonyl (C=S) groups is 1. The fraction of sp³-hybridized carbons (Fsp3) is 0.143. The van der Waals surface area contributed by atoms with Crippen molar-refractivity contribution in [2.75, 3.05) is 18.5 Å². The van der Waals surface area contributed by atoms with Gasteiger partial charge in [-0.15, -0.1) is 0 Å². The number of carbonyl (C=O) groups excluding carboxylic acids is 2. The van der Waals surface area contributed by atoms with Crippen LogP contribution in [0.3, 0.4) is 0 Å². The Labute approximate surface area is 214 Å². The summed E-state index contributed by atoms with van der Waals surface area (Å²) in [5.74, 6) is -1.25. The van der Waals surface area contributed by atoms with Crippen molar-refractivity contribution in [3.63, 3.8) is 0 Å². The first-order valence-electron chi connectivity index (χ1n) is 9.60. The molecule has 0 unspecified atom stereocenters. The van der Waals surface area contributed by atoms with Gasteiger partial charge in [-0.2, -0.15) is 5.01 Å². The van der Waals surface area contributed by atoms with Gasteiger partial charge in [-0.25, -0.2) is 15.0 Å². The summed E-state index contributed by atoms with van der Waals surface area (Å²) in [6.07, 6.45) is 1.48. The van der Waals surface area contributed by atoms with Gasteiger partial charge in [-0.3, -0.25) is 4.79 Å². The van der Waals surface area contributed by atoms with Crippen molar-refractivity contribution in [2.45, 2.75) is 6.92 Å². The SMILES string of the molecule is CCOc1cccc(C=C2SC(=S)N(NC(=O)Nc3ccc(Cl)c(Cl)c3)C2=O)c1OCC(=O)O. The molecule has 1 heterocycles. The minimum absolute atomic E-state index is 0.0921. The summed E-state index contributed by atoms with van der Waals surface area (Å²) in [6.45, 7) is 1.50. The number of anilines is 1. The maximum atomic E-state index is 12.9. The van der Waals surface area contributed by atoms with Crippen LogP contribution in [-0.4, -0.2) is 45.6 Å². The number of carbonyl (C=O) groups is 3. The zero-order chi connectivity index (χ0) is 24.8. The Balaban J connectivity index is 1.78. The molecule has 1 aliphatic heterocycles. The van der Waals surface area contributed by atoms with Crippen LogP contribution in [-0.2, 0) is 9.59 Å². The van der Waals surface area contributed by atoms with Crippen LogP contribution in [0.15, 0.2) is 41.3 Å². The number of carboxylic acid groups (broad SMARTS) is 1. The van der Waals surface area contributed by atoms with Crippen LogP contribution in [0, 0.1) is 0 Å². The average molecular weight is 542 g/mol. The molecule has 0 aliphatic carbocycles. The van der Waals surface area contributed by atoms with Crippen LogP contribution in [0.1, 0.15) is 12.5 Å². The third-order valence-corrected chi connectivity index (χ3v) is 6.16. The molecule has 0 radical (unpaired) electrons. The lowest BCUT2D eigenvalue weighted by atomic mass is 10.1. The molecule has 0 aromatic heterocycles. The number of hydrogen-bond donors (Lipinski definition) is 3. The Morgan fingerprint density at radius 1 is 1.21 bits per heavy atom. The van der Waals surface area contributed by atoms with Crippen molar-refractivity contribution in [1.29, 1.82) is 0 Å². The number of amides is 3. The number of hydrazine groups is 1. The Morgan fingerprint density at radius 3 is 2.65 bits per heavy atom. The molecule has 178 valence electrons. The molecule has 9 nitrogen and oxygen atoms in total. The predicted octanol–water partition coefficient (Wildman–Crippen LogP) is 4.79. The van der Waals surface area contributed by atoms with E-state index in [-0.39, 0.29) is 20.0 Å². The molecule has 0 saturated carbocycles. The van der Waals surface area contributed by atoms with E-state index in [1.807, 2.05) is 0 Å². The Kier molecular flexibility index (Phi) is 8.61. The summed E-state index contributed by atoms with van der Waals surface area (Å²) < 4.78 is 11.0. The topological polar surface area (TPSA) is 117 Å². The second-order valence-corrected chi connectivity index (χ2v) is 8.99. The van der Waals surface area contributed by atoms with Crippen LogP contribution >= 0.6 is 47.2 Å². The number of carboxylic acids is 1. The Hall–Kier alpha value is -2.99. The quantitative estimate of drug-likeness (QED) is 0.322. The number of hydrogen-bond acceptors (Lipinski definition) is 7. The van der Waals surface area contributed by atoms with Crippen LogP contribution in [0.5, 0.6) is 11.5 Å². The average Bonchev–Trinajstić information content (AvgIpc) is 3.03. The number of urea groups is 1. The molecule has 34 heavy (non-hydrogen) atoms. The number of nitrogens with one attached hydrogen (secondary N) is 2. The predicted molar refractivity (Wildman–Crippen MR) is 134 cm³/mol. The molecular weight excluding hydrogens is 525 g/mol. The van der Waals surface area contributed by atoms with Crippen molar-refractivity contribution >= 4 is 81.2 Å². The second-order valence-electron chi connectivity index (χ2n) is 6.50. The van der Waals surface area contributed by atoms with E-state index in [9.17, 15) is 14.4 Å². The highest BCUT2D eigenvalue weighted by atomic mass is 35.5. The molecule has 2 aromatic carbocycles. The van der Waals surface area contributed by atoms with Crippen molar-refractivity contribution in [1.82, 2.24) is 10.4 Å². The number of para-hydroxylation sites is 1. The Bertz CT molecular complexity index is 1190. The largest absolute Gasteiger partial charge is 0.490 e. The molecule has 3 rings (SSSR count). The number of benzene rings is 2. The number of ether oxygens (including phenoxy) is 2. The third-order valence-electron chi connectivity index (χ3n) is 4.12. The summed E-state index contributed by atoms with van der Waals surface area (Å²) in [6, 6.07) is 8.73. The van der Waals surface area contributed by atoms with Gasteiger partial charge in [0.1, 0.15) is 0 Å². The smallest absolute Gasteiger partial charge is 0.341 e.